The topological polar surface area (TPSA) is 120 Å². The Morgan fingerprint density at radius 1 is 0.833 bits per heavy atom. The Balaban J connectivity index is 1.18. The lowest BCUT2D eigenvalue weighted by atomic mass is 10.1. The van der Waals surface area contributed by atoms with Crippen molar-refractivity contribution in [3.8, 4) is 17.1 Å². The third-order valence-corrected chi connectivity index (χ3v) is 5.57. The molecule has 178 valence electrons. The highest BCUT2D eigenvalue weighted by atomic mass is 16.2. The first-order chi connectivity index (χ1) is 17.6. The summed E-state index contributed by atoms with van der Waals surface area (Å²) in [6.07, 6.45) is 1.47. The van der Waals surface area contributed by atoms with E-state index in [4.69, 9.17) is 0 Å². The molecule has 0 atom stereocenters. The molecule has 0 aliphatic rings. The van der Waals surface area contributed by atoms with E-state index < -0.39 is 11.8 Å². The van der Waals surface area contributed by atoms with Gasteiger partial charge in [0.2, 0.25) is 5.82 Å². The molecule has 0 fully saturated rings. The van der Waals surface area contributed by atoms with Gasteiger partial charge in [-0.1, -0.05) is 60.7 Å². The lowest BCUT2D eigenvalue weighted by Crippen LogP contribution is -2.41. The van der Waals surface area contributed by atoms with Gasteiger partial charge in [-0.25, -0.2) is 4.68 Å². The van der Waals surface area contributed by atoms with Crippen molar-refractivity contribution in [1.82, 2.24) is 40.8 Å². The molecule has 36 heavy (non-hydrogen) atoms. The van der Waals surface area contributed by atoms with E-state index in [9.17, 15) is 9.59 Å². The zero-order chi connectivity index (χ0) is 24.9. The van der Waals surface area contributed by atoms with Gasteiger partial charge in [0, 0.05) is 11.1 Å². The Hall–Kier alpha value is -5.12. The number of aromatic nitrogens is 6. The highest BCUT2D eigenvalue weighted by Gasteiger charge is 2.16. The predicted octanol–water partition coefficient (Wildman–Crippen LogP) is 2.96. The van der Waals surface area contributed by atoms with Crippen LogP contribution in [-0.2, 0) is 6.54 Å². The maximum atomic E-state index is 12.6. The van der Waals surface area contributed by atoms with Crippen LogP contribution in [0.2, 0.25) is 0 Å². The van der Waals surface area contributed by atoms with Gasteiger partial charge in [-0.2, -0.15) is 9.90 Å². The monoisotopic (exact) mass is 478 g/mol. The number of amides is 2. The fourth-order valence-electron chi connectivity index (χ4n) is 3.65. The number of rotatable bonds is 6. The van der Waals surface area contributed by atoms with Crippen LogP contribution in [0, 0.1) is 6.92 Å². The summed E-state index contributed by atoms with van der Waals surface area (Å²) in [5.41, 5.74) is 8.95. The molecule has 0 bridgehead atoms. The molecule has 2 amide bonds. The fourth-order valence-corrected chi connectivity index (χ4v) is 3.65. The van der Waals surface area contributed by atoms with E-state index in [0.717, 1.165) is 16.8 Å². The van der Waals surface area contributed by atoms with Crippen molar-refractivity contribution in [2.75, 3.05) is 0 Å². The fraction of sp³-hybridized carbons (Fsp3) is 0.0769. The summed E-state index contributed by atoms with van der Waals surface area (Å²) < 4.78 is 1.67. The molecule has 0 aliphatic heterocycles. The molecule has 0 saturated heterocycles. The van der Waals surface area contributed by atoms with E-state index in [1.54, 1.807) is 35.9 Å². The number of para-hydroxylation sites is 1. The Kier molecular flexibility index (Phi) is 6.31. The minimum atomic E-state index is -0.453. The lowest BCUT2D eigenvalue weighted by molar-refractivity contribution is 0.0846. The average molecular weight is 479 g/mol. The van der Waals surface area contributed by atoms with Crippen LogP contribution >= 0.6 is 0 Å². The second-order valence-electron chi connectivity index (χ2n) is 8.01. The summed E-state index contributed by atoms with van der Waals surface area (Å²) in [5, 5.41) is 16.9. The van der Waals surface area contributed by atoms with Gasteiger partial charge in [0.25, 0.3) is 11.8 Å². The van der Waals surface area contributed by atoms with Crippen molar-refractivity contribution < 1.29 is 9.59 Å². The maximum absolute atomic E-state index is 12.6. The largest absolute Gasteiger partial charge is 0.273 e. The normalized spacial score (nSPS) is 10.7. The van der Waals surface area contributed by atoms with Crippen LogP contribution in [0.15, 0.2) is 91.1 Å². The number of hydrogen-bond acceptors (Lipinski definition) is 6. The van der Waals surface area contributed by atoms with Crippen molar-refractivity contribution in [1.29, 1.82) is 0 Å². The number of hydrogen-bond donors (Lipinski definition) is 2. The molecule has 0 radical (unpaired) electrons. The van der Waals surface area contributed by atoms with E-state index >= 15 is 0 Å². The van der Waals surface area contributed by atoms with Gasteiger partial charge in [-0.3, -0.25) is 20.4 Å². The van der Waals surface area contributed by atoms with Gasteiger partial charge < -0.3 is 0 Å². The Labute approximate surface area is 206 Å². The lowest BCUT2D eigenvalue weighted by Gasteiger charge is -2.08. The minimum Gasteiger partial charge on any atom is -0.267 e. The van der Waals surface area contributed by atoms with Gasteiger partial charge >= 0.3 is 0 Å². The van der Waals surface area contributed by atoms with Crippen LogP contribution < -0.4 is 10.9 Å². The molecule has 0 unspecified atom stereocenters. The van der Waals surface area contributed by atoms with E-state index in [1.807, 2.05) is 60.7 Å². The molecule has 5 aromatic rings. The van der Waals surface area contributed by atoms with Crippen molar-refractivity contribution >= 4 is 11.8 Å². The smallest absolute Gasteiger partial charge is 0.267 e. The third kappa shape index (κ3) is 4.87. The molecular weight excluding hydrogens is 456 g/mol. The van der Waals surface area contributed by atoms with Crippen LogP contribution in [0.3, 0.4) is 0 Å². The second-order valence-corrected chi connectivity index (χ2v) is 8.01. The van der Waals surface area contributed by atoms with Crippen LogP contribution in [-0.4, -0.2) is 41.8 Å². The molecule has 0 saturated carbocycles. The molecule has 10 nitrogen and oxygen atoms in total. The predicted molar refractivity (Wildman–Crippen MR) is 132 cm³/mol. The summed E-state index contributed by atoms with van der Waals surface area (Å²) in [4.78, 5) is 26.6. The Morgan fingerprint density at radius 3 is 2.22 bits per heavy atom. The quantitative estimate of drug-likeness (QED) is 0.362. The summed E-state index contributed by atoms with van der Waals surface area (Å²) in [5.74, 6) is -0.341. The van der Waals surface area contributed by atoms with Gasteiger partial charge in [-0.15, -0.1) is 10.2 Å². The van der Waals surface area contributed by atoms with E-state index in [0.29, 0.717) is 29.2 Å². The molecule has 2 N–H and O–H groups in total. The number of carbonyl (C=O) groups is 2. The first kappa shape index (κ1) is 22.7. The average Bonchev–Trinajstić information content (AvgIpc) is 3.55. The van der Waals surface area contributed by atoms with Crippen molar-refractivity contribution in [2.24, 2.45) is 0 Å². The SMILES string of the molecule is Cc1c(C(=O)NNC(=O)c2ccc(Cn3nnc(-c4ccccc4)n3)cc2)cnn1-c1ccccc1. The Bertz CT molecular complexity index is 1490. The van der Waals surface area contributed by atoms with Gasteiger partial charge in [0.1, 0.15) is 0 Å². The Morgan fingerprint density at radius 2 is 1.50 bits per heavy atom. The number of nitrogens with zero attached hydrogens (tertiary/aromatic N) is 6. The number of carbonyl (C=O) groups excluding carboxylic acids is 2. The molecule has 10 heteroatoms. The molecule has 2 heterocycles. The van der Waals surface area contributed by atoms with Crippen molar-refractivity contribution in [2.45, 2.75) is 13.5 Å². The highest BCUT2D eigenvalue weighted by Crippen LogP contribution is 2.14. The van der Waals surface area contributed by atoms with Crippen LogP contribution in [0.1, 0.15) is 32.0 Å². The van der Waals surface area contributed by atoms with E-state index in [-0.39, 0.29) is 0 Å². The zero-order valence-corrected chi connectivity index (χ0v) is 19.4. The number of tetrazole rings is 1. The van der Waals surface area contributed by atoms with Crippen molar-refractivity contribution in [3.05, 3.63) is 114 Å². The van der Waals surface area contributed by atoms with Crippen LogP contribution in [0.5, 0.6) is 0 Å². The number of benzene rings is 3. The van der Waals surface area contributed by atoms with Crippen LogP contribution in [0.25, 0.3) is 17.1 Å². The van der Waals surface area contributed by atoms with Gasteiger partial charge in [0.05, 0.1) is 29.7 Å². The van der Waals surface area contributed by atoms with Crippen LogP contribution in [0.4, 0.5) is 0 Å². The molecule has 0 spiro atoms. The summed E-state index contributed by atoms with van der Waals surface area (Å²) in [7, 11) is 0. The zero-order valence-electron chi connectivity index (χ0n) is 19.4. The molecule has 5 rings (SSSR count). The van der Waals surface area contributed by atoms with E-state index in [1.165, 1.54) is 11.0 Å². The second kappa shape index (κ2) is 10.0. The maximum Gasteiger partial charge on any atom is 0.273 e. The first-order valence-corrected chi connectivity index (χ1v) is 11.2. The van der Waals surface area contributed by atoms with Gasteiger partial charge in [-0.05, 0) is 42.0 Å². The summed E-state index contributed by atoms with van der Waals surface area (Å²) in [6.45, 7) is 2.20. The number of nitrogens with one attached hydrogen (secondary N) is 2. The molecule has 3 aromatic carbocycles. The molecule has 2 aromatic heterocycles. The molecular formula is C26H22N8O2. The third-order valence-electron chi connectivity index (χ3n) is 5.57. The standard InChI is InChI=1S/C26H22N8O2/c1-18-23(16-27-34(18)22-10-6-3-7-11-22)26(36)30-29-25(35)21-14-12-19(13-15-21)17-33-31-24(28-32-33)20-8-4-2-5-9-20/h2-16H,17H2,1H3,(H,29,35)(H,30,36). The van der Waals surface area contributed by atoms with Crippen molar-refractivity contribution in [3.63, 3.8) is 0 Å². The number of hydrazine groups is 1. The molecule has 0 aliphatic carbocycles. The van der Waals surface area contributed by atoms with E-state index in [2.05, 4.69) is 31.4 Å². The first-order valence-electron chi connectivity index (χ1n) is 11.2. The highest BCUT2D eigenvalue weighted by molar-refractivity contribution is 5.99. The summed E-state index contributed by atoms with van der Waals surface area (Å²) >= 11 is 0. The minimum absolute atomic E-state index is 0.365. The van der Waals surface area contributed by atoms with Gasteiger partial charge in [0.15, 0.2) is 0 Å². The summed E-state index contributed by atoms with van der Waals surface area (Å²) in [6, 6.07) is 26.0.